The molecule has 1 aromatic carbocycles. The molecule has 2 N–H and O–H groups in total. The first-order chi connectivity index (χ1) is 7.15. The lowest BCUT2D eigenvalue weighted by Crippen LogP contribution is -2.17. The van der Waals surface area contributed by atoms with Crippen molar-refractivity contribution in [2.24, 2.45) is 21.0 Å². The summed E-state index contributed by atoms with van der Waals surface area (Å²) in [5, 5.41) is 7.66. The summed E-state index contributed by atoms with van der Waals surface area (Å²) in [7, 11) is 0. The second kappa shape index (κ2) is 3.51. The molecule has 0 radical (unpaired) electrons. The molecule has 0 amide bonds. The van der Waals surface area contributed by atoms with E-state index in [-0.39, 0.29) is 5.82 Å². The van der Waals surface area contributed by atoms with Crippen LogP contribution in [0.15, 0.2) is 33.4 Å². The number of aliphatic imine (C=N–C) groups is 1. The van der Waals surface area contributed by atoms with Crippen LogP contribution in [0, 0.1) is 5.82 Å². The van der Waals surface area contributed by atoms with Crippen molar-refractivity contribution in [3.63, 3.8) is 0 Å². The van der Waals surface area contributed by atoms with Gasteiger partial charge in [-0.05, 0) is 24.6 Å². The third-order valence-electron chi connectivity index (χ3n) is 2.42. The SMILES string of the molecule is CC1(c2cc(F)ccc2CN)N=CN=N1. The summed E-state index contributed by atoms with van der Waals surface area (Å²) in [5.41, 5.74) is 6.26. The molecule has 1 atom stereocenters. The Morgan fingerprint density at radius 3 is 2.87 bits per heavy atom. The average Bonchev–Trinajstić information content (AvgIpc) is 2.66. The Bertz CT molecular complexity index is 427. The van der Waals surface area contributed by atoms with Gasteiger partial charge < -0.3 is 5.73 Å². The zero-order valence-electron chi connectivity index (χ0n) is 8.31. The Morgan fingerprint density at radius 1 is 1.47 bits per heavy atom. The summed E-state index contributed by atoms with van der Waals surface area (Å²) in [6, 6.07) is 4.44. The number of nitrogens with two attached hydrogens (primary N) is 1. The fourth-order valence-corrected chi connectivity index (χ4v) is 1.59. The third-order valence-corrected chi connectivity index (χ3v) is 2.42. The van der Waals surface area contributed by atoms with Crippen LogP contribution in [0.2, 0.25) is 0 Å². The predicted octanol–water partition coefficient (Wildman–Crippen LogP) is 1.95. The van der Waals surface area contributed by atoms with Crippen molar-refractivity contribution in [1.82, 2.24) is 0 Å². The number of hydrogen-bond donors (Lipinski definition) is 1. The van der Waals surface area contributed by atoms with Gasteiger partial charge in [-0.15, -0.1) is 5.11 Å². The number of benzene rings is 1. The molecule has 0 fully saturated rings. The van der Waals surface area contributed by atoms with Gasteiger partial charge >= 0.3 is 0 Å². The van der Waals surface area contributed by atoms with Crippen LogP contribution in [-0.4, -0.2) is 6.34 Å². The molecule has 78 valence electrons. The summed E-state index contributed by atoms with van der Waals surface area (Å²) in [6.45, 7) is 2.10. The van der Waals surface area contributed by atoms with Crippen LogP contribution in [0.3, 0.4) is 0 Å². The van der Waals surface area contributed by atoms with Gasteiger partial charge in [0.1, 0.15) is 12.2 Å². The van der Waals surface area contributed by atoms with Crippen molar-refractivity contribution in [3.8, 4) is 0 Å². The van der Waals surface area contributed by atoms with Crippen LogP contribution < -0.4 is 5.73 Å². The Hall–Kier alpha value is -1.62. The van der Waals surface area contributed by atoms with Gasteiger partial charge in [-0.2, -0.15) is 5.11 Å². The highest BCUT2D eigenvalue weighted by molar-refractivity contribution is 5.58. The van der Waals surface area contributed by atoms with Crippen LogP contribution in [0.25, 0.3) is 0 Å². The van der Waals surface area contributed by atoms with Crippen molar-refractivity contribution in [3.05, 3.63) is 35.1 Å². The lowest BCUT2D eigenvalue weighted by Gasteiger charge is -2.19. The van der Waals surface area contributed by atoms with E-state index in [4.69, 9.17) is 5.73 Å². The zero-order chi connectivity index (χ0) is 10.9. The molecule has 0 saturated heterocycles. The molecule has 1 unspecified atom stereocenters. The minimum absolute atomic E-state index is 0.319. The van der Waals surface area contributed by atoms with Crippen molar-refractivity contribution in [2.45, 2.75) is 19.1 Å². The summed E-state index contributed by atoms with van der Waals surface area (Å²) in [6.07, 6.45) is 1.37. The molecular weight excluding hydrogens is 195 g/mol. The monoisotopic (exact) mass is 206 g/mol. The smallest absolute Gasteiger partial charge is 0.195 e. The first-order valence-corrected chi connectivity index (χ1v) is 4.60. The predicted molar refractivity (Wildman–Crippen MR) is 55.0 cm³/mol. The molecule has 0 aliphatic carbocycles. The lowest BCUT2D eigenvalue weighted by atomic mass is 9.97. The fraction of sp³-hybridized carbons (Fsp3) is 0.300. The maximum absolute atomic E-state index is 13.1. The molecule has 0 saturated carbocycles. The summed E-state index contributed by atoms with van der Waals surface area (Å²) in [5.74, 6) is -0.319. The number of nitrogens with zero attached hydrogens (tertiary/aromatic N) is 3. The second-order valence-corrected chi connectivity index (χ2v) is 3.49. The summed E-state index contributed by atoms with van der Waals surface area (Å²) in [4.78, 5) is 4.11. The summed E-state index contributed by atoms with van der Waals surface area (Å²) < 4.78 is 13.1. The normalized spacial score (nSPS) is 23.7. The molecule has 5 heteroatoms. The number of halogens is 1. The Morgan fingerprint density at radius 2 is 2.27 bits per heavy atom. The molecule has 1 aliphatic heterocycles. The van der Waals surface area contributed by atoms with Gasteiger partial charge in [-0.1, -0.05) is 6.07 Å². The van der Waals surface area contributed by atoms with E-state index in [9.17, 15) is 4.39 Å². The molecule has 15 heavy (non-hydrogen) atoms. The summed E-state index contributed by atoms with van der Waals surface area (Å²) >= 11 is 0. The molecule has 1 aliphatic rings. The van der Waals surface area contributed by atoms with Gasteiger partial charge in [0.2, 0.25) is 0 Å². The van der Waals surface area contributed by atoms with Crippen molar-refractivity contribution in [1.29, 1.82) is 0 Å². The number of azo groups is 1. The van der Waals surface area contributed by atoms with Crippen LogP contribution in [0.5, 0.6) is 0 Å². The molecule has 0 spiro atoms. The largest absolute Gasteiger partial charge is 0.326 e. The van der Waals surface area contributed by atoms with E-state index in [1.54, 1.807) is 13.0 Å². The Balaban J connectivity index is 2.55. The van der Waals surface area contributed by atoms with Gasteiger partial charge in [0.15, 0.2) is 5.66 Å². The highest BCUT2D eigenvalue weighted by Crippen LogP contribution is 2.32. The van der Waals surface area contributed by atoms with Gasteiger partial charge in [0, 0.05) is 12.1 Å². The van der Waals surface area contributed by atoms with Gasteiger partial charge in [0.05, 0.1) is 0 Å². The first kappa shape index (κ1) is 9.92. The zero-order valence-corrected chi connectivity index (χ0v) is 8.31. The number of rotatable bonds is 2. The Kier molecular flexibility index (Phi) is 2.32. The van der Waals surface area contributed by atoms with Crippen molar-refractivity contribution < 1.29 is 4.39 Å². The van der Waals surface area contributed by atoms with Gasteiger partial charge in [-0.3, -0.25) is 0 Å². The first-order valence-electron chi connectivity index (χ1n) is 4.60. The van der Waals surface area contributed by atoms with Crippen LogP contribution in [-0.2, 0) is 12.2 Å². The van der Waals surface area contributed by atoms with Gasteiger partial charge in [-0.25, -0.2) is 9.38 Å². The number of hydrogen-bond acceptors (Lipinski definition) is 4. The highest BCUT2D eigenvalue weighted by Gasteiger charge is 2.30. The molecule has 0 bridgehead atoms. The maximum Gasteiger partial charge on any atom is 0.195 e. The average molecular weight is 206 g/mol. The standard InChI is InChI=1S/C10H11FN4/c1-10(13-6-14-15-10)9-4-8(11)3-2-7(9)5-12/h2-4,6H,5,12H2,1H3. The Labute approximate surface area is 86.7 Å². The minimum Gasteiger partial charge on any atom is -0.326 e. The van der Waals surface area contributed by atoms with E-state index in [1.807, 2.05) is 0 Å². The van der Waals surface area contributed by atoms with E-state index < -0.39 is 5.66 Å². The van der Waals surface area contributed by atoms with Crippen molar-refractivity contribution in [2.75, 3.05) is 0 Å². The van der Waals surface area contributed by atoms with Crippen LogP contribution >= 0.6 is 0 Å². The molecule has 2 rings (SSSR count). The van der Waals surface area contributed by atoms with E-state index in [1.165, 1.54) is 18.5 Å². The topological polar surface area (TPSA) is 63.1 Å². The van der Waals surface area contributed by atoms with E-state index in [0.717, 1.165) is 5.56 Å². The van der Waals surface area contributed by atoms with Gasteiger partial charge in [0.25, 0.3) is 0 Å². The van der Waals surface area contributed by atoms with E-state index in [2.05, 4.69) is 15.2 Å². The fourth-order valence-electron chi connectivity index (χ4n) is 1.59. The molecule has 0 aromatic heterocycles. The van der Waals surface area contributed by atoms with Crippen molar-refractivity contribution >= 4 is 6.34 Å². The van der Waals surface area contributed by atoms with Crippen LogP contribution in [0.4, 0.5) is 4.39 Å². The second-order valence-electron chi connectivity index (χ2n) is 3.49. The lowest BCUT2D eigenvalue weighted by molar-refractivity contribution is 0.512. The highest BCUT2D eigenvalue weighted by atomic mass is 19.1. The quantitative estimate of drug-likeness (QED) is 0.789. The minimum atomic E-state index is -0.823. The molecule has 1 aromatic rings. The molecular formula is C10H11FN4. The maximum atomic E-state index is 13.1. The third kappa shape index (κ3) is 1.66. The molecule has 4 nitrogen and oxygen atoms in total. The van der Waals surface area contributed by atoms with E-state index >= 15 is 0 Å². The van der Waals surface area contributed by atoms with Crippen LogP contribution in [0.1, 0.15) is 18.1 Å². The van der Waals surface area contributed by atoms with E-state index in [0.29, 0.717) is 12.1 Å². The molecule has 1 heterocycles.